The van der Waals surface area contributed by atoms with Gasteiger partial charge in [0, 0.05) is 49.1 Å². The number of aryl methyl sites for hydroxylation is 2. The van der Waals surface area contributed by atoms with E-state index in [9.17, 15) is 9.59 Å². The number of rotatable bonds is 13. The fourth-order valence-corrected chi connectivity index (χ4v) is 6.28. The number of carboxylic acids is 2. The Labute approximate surface area is 337 Å². The highest BCUT2D eigenvalue weighted by Crippen LogP contribution is 2.26. The molecule has 0 aliphatic heterocycles. The molecule has 0 unspecified atom stereocenters. The van der Waals surface area contributed by atoms with Crippen LogP contribution in [0.5, 0.6) is 11.5 Å². The van der Waals surface area contributed by atoms with E-state index < -0.39 is 25.2 Å². The molecule has 7 nitrogen and oxygen atoms in total. The van der Waals surface area contributed by atoms with Gasteiger partial charge in [-0.15, -0.1) is 23.5 Å². The molecule has 0 fully saturated rings. The van der Waals surface area contributed by atoms with Gasteiger partial charge in [0.15, 0.2) is 13.2 Å². The lowest BCUT2D eigenvalue weighted by Gasteiger charge is -2.07. The summed E-state index contributed by atoms with van der Waals surface area (Å²) in [4.78, 5) is 23.7. The van der Waals surface area contributed by atoms with Crippen molar-refractivity contribution in [1.29, 1.82) is 0 Å². The zero-order valence-corrected chi connectivity index (χ0v) is 34.4. The molecule has 4 aromatic rings. The quantitative estimate of drug-likeness (QED) is 0.0690. The lowest BCUT2D eigenvalue weighted by Crippen LogP contribution is -2.10. The Morgan fingerprint density at radius 3 is 1.50 bits per heavy atom. The molecule has 286 valence electrons. The average molecular weight is 810 g/mol. The van der Waals surface area contributed by atoms with Crippen LogP contribution in [0.4, 0.5) is 0 Å². The summed E-state index contributed by atoms with van der Waals surface area (Å²) in [5, 5.41) is 27.5. The van der Waals surface area contributed by atoms with Crippen LogP contribution in [0.15, 0.2) is 82.6 Å². The monoisotopic (exact) mass is 808 g/mol. The van der Waals surface area contributed by atoms with E-state index in [1.54, 1.807) is 48.2 Å². The first-order chi connectivity index (χ1) is 25.8. The van der Waals surface area contributed by atoms with Crippen LogP contribution in [0.2, 0.25) is 10.0 Å². The third-order valence-electron chi connectivity index (χ3n) is 6.82. The predicted octanol–water partition coefficient (Wildman–Crippen LogP) is 10.3. The molecule has 11 heteroatoms. The van der Waals surface area contributed by atoms with E-state index in [1.165, 1.54) is 4.90 Å². The standard InChI is InChI=1S/C21H21ClO3S.C20H19ClO4S.C2H6/c1-14(2)13-26-19-8-4-15(3)16(11-19)5-6-17-10-18(22)7-9-20(17)25-12-21(23)24;1-14-3-7-18(26-10-2-9-22)12-15(14)4-5-16-11-17(21)6-8-19(16)25-13-20(23)24;1-2/h4,7-11,14H,12-13H2,1-3H3,(H,23,24);3,6-8,11-12,22H,2,9-10,13H2,1H3,(H,23,24);1-2H3. The van der Waals surface area contributed by atoms with E-state index in [1.807, 2.05) is 57.7 Å². The molecule has 0 bridgehead atoms. The fraction of sp³-hybridized carbons (Fsp3) is 0.302. The van der Waals surface area contributed by atoms with E-state index in [0.717, 1.165) is 45.1 Å². The summed E-state index contributed by atoms with van der Waals surface area (Å²) in [6, 6.07) is 22.2. The van der Waals surface area contributed by atoms with Gasteiger partial charge >= 0.3 is 11.9 Å². The number of carbonyl (C=O) groups is 2. The number of aliphatic hydroxyl groups is 1. The normalized spacial score (nSPS) is 9.96. The van der Waals surface area contributed by atoms with Gasteiger partial charge in [-0.25, -0.2) is 9.59 Å². The van der Waals surface area contributed by atoms with Gasteiger partial charge in [-0.2, -0.15) is 0 Å². The molecule has 0 saturated heterocycles. The highest BCUT2D eigenvalue weighted by molar-refractivity contribution is 7.99. The second-order valence-corrected chi connectivity index (χ2v) is 14.9. The number of thioether (sulfide) groups is 2. The van der Waals surface area contributed by atoms with Crippen LogP contribution in [-0.2, 0) is 9.59 Å². The van der Waals surface area contributed by atoms with E-state index in [-0.39, 0.29) is 6.61 Å². The average Bonchev–Trinajstić information content (AvgIpc) is 3.14. The molecule has 4 aromatic carbocycles. The molecule has 0 saturated carbocycles. The number of carboxylic acid groups (broad SMARTS) is 2. The molecule has 0 heterocycles. The van der Waals surface area contributed by atoms with Crippen molar-refractivity contribution in [2.24, 2.45) is 5.92 Å². The van der Waals surface area contributed by atoms with E-state index in [4.69, 9.17) is 48.0 Å². The van der Waals surface area contributed by atoms with Crippen molar-refractivity contribution in [1.82, 2.24) is 0 Å². The lowest BCUT2D eigenvalue weighted by molar-refractivity contribution is -0.140. The van der Waals surface area contributed by atoms with Crippen molar-refractivity contribution < 1.29 is 34.4 Å². The van der Waals surface area contributed by atoms with Crippen molar-refractivity contribution in [3.8, 4) is 35.2 Å². The molecule has 0 amide bonds. The topological polar surface area (TPSA) is 113 Å². The van der Waals surface area contributed by atoms with Crippen molar-refractivity contribution in [3.63, 3.8) is 0 Å². The van der Waals surface area contributed by atoms with Gasteiger partial charge in [0.25, 0.3) is 0 Å². The summed E-state index contributed by atoms with van der Waals surface area (Å²) in [5.74, 6) is 13.6. The van der Waals surface area contributed by atoms with Crippen LogP contribution in [-0.4, -0.2) is 58.6 Å². The fourth-order valence-electron chi connectivity index (χ4n) is 4.17. The first-order valence-electron chi connectivity index (χ1n) is 17.2. The van der Waals surface area contributed by atoms with Crippen molar-refractivity contribution in [2.75, 3.05) is 31.3 Å². The van der Waals surface area contributed by atoms with Crippen LogP contribution < -0.4 is 9.47 Å². The zero-order chi connectivity index (χ0) is 40.0. The minimum Gasteiger partial charge on any atom is -0.481 e. The van der Waals surface area contributed by atoms with E-state index in [2.05, 4.69) is 55.7 Å². The molecule has 0 radical (unpaired) electrons. The first kappa shape index (κ1) is 45.9. The maximum atomic E-state index is 10.7. The molecule has 0 aromatic heterocycles. The Kier molecular flexibility index (Phi) is 21.2. The Balaban J connectivity index is 0.000000357. The number of aliphatic carboxylic acids is 2. The third kappa shape index (κ3) is 17.3. The van der Waals surface area contributed by atoms with Gasteiger partial charge in [-0.05, 0) is 98.0 Å². The van der Waals surface area contributed by atoms with E-state index in [0.29, 0.717) is 38.6 Å². The number of halogens is 2. The highest BCUT2D eigenvalue weighted by atomic mass is 35.5. The molecular formula is C43H46Cl2O7S2. The second kappa shape index (κ2) is 25.0. The van der Waals surface area contributed by atoms with Gasteiger partial charge < -0.3 is 24.8 Å². The second-order valence-electron chi connectivity index (χ2n) is 11.7. The summed E-state index contributed by atoms with van der Waals surface area (Å²) in [5.41, 5.74) is 5.04. The molecule has 0 aliphatic rings. The molecule has 4 rings (SSSR count). The van der Waals surface area contributed by atoms with Gasteiger partial charge in [-0.3, -0.25) is 0 Å². The number of benzene rings is 4. The van der Waals surface area contributed by atoms with Crippen molar-refractivity contribution in [3.05, 3.63) is 116 Å². The van der Waals surface area contributed by atoms with Crippen molar-refractivity contribution >= 4 is 58.7 Å². The predicted molar refractivity (Wildman–Crippen MR) is 223 cm³/mol. The minimum absolute atomic E-state index is 0.180. The molecule has 0 aliphatic carbocycles. The van der Waals surface area contributed by atoms with Crippen LogP contribution in [0.25, 0.3) is 0 Å². The summed E-state index contributed by atoms with van der Waals surface area (Å²) >= 11 is 15.5. The molecule has 3 N–H and O–H groups in total. The summed E-state index contributed by atoms with van der Waals surface area (Å²) in [7, 11) is 0. The Morgan fingerprint density at radius 1 is 0.667 bits per heavy atom. The van der Waals surface area contributed by atoms with Crippen LogP contribution in [0.1, 0.15) is 67.5 Å². The molecule has 54 heavy (non-hydrogen) atoms. The molecular weight excluding hydrogens is 764 g/mol. The van der Waals surface area contributed by atoms with E-state index >= 15 is 0 Å². The third-order valence-corrected chi connectivity index (χ3v) is 9.79. The van der Waals surface area contributed by atoms with Gasteiger partial charge in [-0.1, -0.05) is 86.7 Å². The van der Waals surface area contributed by atoms with Gasteiger partial charge in [0.2, 0.25) is 0 Å². The van der Waals surface area contributed by atoms with Crippen LogP contribution in [0.3, 0.4) is 0 Å². The SMILES string of the molecule is CC.Cc1ccc(SCC(C)C)cc1C#Cc1cc(Cl)ccc1OCC(=O)O.Cc1ccc(SCCCO)cc1C#Cc1cc(Cl)ccc1OCC(=O)O. The highest BCUT2D eigenvalue weighted by Gasteiger charge is 2.08. The smallest absolute Gasteiger partial charge is 0.341 e. The van der Waals surface area contributed by atoms with Gasteiger partial charge in [0.05, 0.1) is 11.1 Å². The largest absolute Gasteiger partial charge is 0.481 e. The van der Waals surface area contributed by atoms with Crippen molar-refractivity contribution in [2.45, 2.75) is 57.8 Å². The molecule has 0 spiro atoms. The summed E-state index contributed by atoms with van der Waals surface area (Å²) in [6.45, 7) is 11.7. The number of hydrogen-bond donors (Lipinski definition) is 3. The molecule has 0 atom stereocenters. The summed E-state index contributed by atoms with van der Waals surface area (Å²) in [6.07, 6.45) is 0.742. The lowest BCUT2D eigenvalue weighted by atomic mass is 10.1. The Bertz CT molecular complexity index is 1970. The summed E-state index contributed by atoms with van der Waals surface area (Å²) < 4.78 is 10.6. The zero-order valence-electron chi connectivity index (χ0n) is 31.3. The van der Waals surface area contributed by atoms with Crippen LogP contribution in [0, 0.1) is 43.4 Å². The Morgan fingerprint density at radius 2 is 1.09 bits per heavy atom. The maximum Gasteiger partial charge on any atom is 0.341 e. The Hall–Kier alpha value is -4.22. The number of aliphatic hydroxyl groups excluding tert-OH is 1. The van der Waals surface area contributed by atoms with Crippen LogP contribution >= 0.6 is 46.7 Å². The minimum atomic E-state index is -1.05. The maximum absolute atomic E-state index is 10.7. The first-order valence-corrected chi connectivity index (χ1v) is 20.0. The van der Waals surface area contributed by atoms with Gasteiger partial charge in [0.1, 0.15) is 11.5 Å². The number of ether oxygens (including phenoxy) is 2. The number of hydrogen-bond acceptors (Lipinski definition) is 7.